The summed E-state index contributed by atoms with van der Waals surface area (Å²) in [5, 5.41) is 11.7. The van der Waals surface area contributed by atoms with Crippen molar-refractivity contribution in [2.24, 2.45) is 0 Å². The second-order valence-electron chi connectivity index (χ2n) is 7.86. The molecule has 0 aliphatic carbocycles. The molecule has 0 aliphatic rings. The SMILES string of the molecule is CC(=O)Cc1c(C)n(Cc2ccccc2-c2ccccc2)c2cccc(OCC(=O)[O-])c12.[Na+]. The van der Waals surface area contributed by atoms with Gasteiger partial charge < -0.3 is 19.2 Å². The molecule has 0 saturated carbocycles. The van der Waals surface area contributed by atoms with Gasteiger partial charge in [-0.2, -0.15) is 0 Å². The van der Waals surface area contributed by atoms with Crippen molar-refractivity contribution in [3.05, 3.63) is 89.6 Å². The summed E-state index contributed by atoms with van der Waals surface area (Å²) in [5.74, 6) is -0.809. The maximum atomic E-state index is 12.0. The van der Waals surface area contributed by atoms with Crippen LogP contribution >= 0.6 is 0 Å². The Morgan fingerprint density at radius 1 is 0.939 bits per heavy atom. The van der Waals surface area contributed by atoms with Crippen LogP contribution in [0.3, 0.4) is 0 Å². The molecule has 162 valence electrons. The molecule has 33 heavy (non-hydrogen) atoms. The summed E-state index contributed by atoms with van der Waals surface area (Å²) >= 11 is 0. The summed E-state index contributed by atoms with van der Waals surface area (Å²) < 4.78 is 7.70. The summed E-state index contributed by atoms with van der Waals surface area (Å²) in [5.41, 5.74) is 6.15. The van der Waals surface area contributed by atoms with E-state index >= 15 is 0 Å². The van der Waals surface area contributed by atoms with Gasteiger partial charge in [0.25, 0.3) is 0 Å². The number of carboxylic acids is 1. The number of aliphatic carboxylic acids is 1. The minimum atomic E-state index is -1.29. The van der Waals surface area contributed by atoms with Crippen molar-refractivity contribution in [1.29, 1.82) is 0 Å². The van der Waals surface area contributed by atoms with Crippen LogP contribution < -0.4 is 39.4 Å². The monoisotopic (exact) mass is 449 g/mol. The molecule has 0 N–H and O–H groups in total. The molecule has 0 atom stereocenters. The van der Waals surface area contributed by atoms with Gasteiger partial charge in [0.05, 0.1) is 11.5 Å². The van der Waals surface area contributed by atoms with Crippen LogP contribution in [0.1, 0.15) is 23.7 Å². The van der Waals surface area contributed by atoms with Gasteiger partial charge in [-0.05, 0) is 48.2 Å². The molecule has 5 nitrogen and oxygen atoms in total. The maximum absolute atomic E-state index is 12.0. The first-order valence-electron chi connectivity index (χ1n) is 10.5. The van der Waals surface area contributed by atoms with E-state index < -0.39 is 12.6 Å². The first kappa shape index (κ1) is 24.8. The predicted molar refractivity (Wildman–Crippen MR) is 123 cm³/mol. The van der Waals surface area contributed by atoms with Crippen molar-refractivity contribution in [3.63, 3.8) is 0 Å². The Bertz CT molecular complexity index is 1290. The number of nitrogens with zero attached hydrogens (tertiary/aromatic N) is 1. The smallest absolute Gasteiger partial charge is 0.546 e. The van der Waals surface area contributed by atoms with E-state index in [0.717, 1.165) is 38.9 Å². The maximum Gasteiger partial charge on any atom is 1.00 e. The number of benzene rings is 3. The topological polar surface area (TPSA) is 71.4 Å². The standard InChI is InChI=1S/C27H25NO4.Na/c1-18(29)15-23-19(2)28(24-13-8-14-25(27(23)24)32-17-26(30)31)16-21-11-6-7-12-22(21)20-9-4-3-5-10-20;/h3-14H,15-17H2,1-2H3,(H,30,31);/q;+1/p-1. The Kier molecular flexibility index (Phi) is 8.14. The van der Waals surface area contributed by atoms with E-state index in [9.17, 15) is 14.7 Å². The third-order valence-corrected chi connectivity index (χ3v) is 5.64. The summed E-state index contributed by atoms with van der Waals surface area (Å²) in [6.45, 7) is 3.61. The zero-order chi connectivity index (χ0) is 22.7. The van der Waals surface area contributed by atoms with Gasteiger partial charge in [0.1, 0.15) is 18.1 Å². The molecule has 3 aromatic carbocycles. The molecule has 0 saturated heterocycles. The van der Waals surface area contributed by atoms with Gasteiger partial charge in [0.2, 0.25) is 0 Å². The fraction of sp³-hybridized carbons (Fsp3) is 0.185. The van der Waals surface area contributed by atoms with E-state index in [1.54, 1.807) is 13.0 Å². The van der Waals surface area contributed by atoms with E-state index in [1.807, 2.05) is 49.4 Å². The van der Waals surface area contributed by atoms with Crippen molar-refractivity contribution < 1.29 is 49.0 Å². The number of carbonyl (C=O) groups excluding carboxylic acids is 2. The van der Waals surface area contributed by atoms with Crippen molar-refractivity contribution in [2.45, 2.75) is 26.8 Å². The average molecular weight is 449 g/mol. The van der Waals surface area contributed by atoms with E-state index in [2.05, 4.69) is 28.8 Å². The third-order valence-electron chi connectivity index (χ3n) is 5.64. The summed E-state index contributed by atoms with van der Waals surface area (Å²) in [6.07, 6.45) is 0.251. The van der Waals surface area contributed by atoms with Crippen LogP contribution in [-0.4, -0.2) is 22.9 Å². The molecule has 0 bridgehead atoms. The number of aromatic nitrogens is 1. The predicted octanol–water partition coefficient (Wildman–Crippen LogP) is 0.929. The first-order chi connectivity index (χ1) is 15.5. The Morgan fingerprint density at radius 3 is 2.33 bits per heavy atom. The van der Waals surface area contributed by atoms with Gasteiger partial charge in [0.15, 0.2) is 0 Å². The molecule has 0 fully saturated rings. The van der Waals surface area contributed by atoms with E-state index in [0.29, 0.717) is 12.3 Å². The van der Waals surface area contributed by atoms with Gasteiger partial charge in [-0.1, -0.05) is 60.7 Å². The van der Waals surface area contributed by atoms with E-state index in [-0.39, 0.29) is 41.8 Å². The Balaban J connectivity index is 0.00000306. The second-order valence-corrected chi connectivity index (χ2v) is 7.86. The molecule has 0 radical (unpaired) electrons. The van der Waals surface area contributed by atoms with Crippen LogP contribution in [0.2, 0.25) is 0 Å². The minimum absolute atomic E-state index is 0. The van der Waals surface area contributed by atoms with Crippen LogP contribution in [0.4, 0.5) is 0 Å². The van der Waals surface area contributed by atoms with Crippen LogP contribution in [0.25, 0.3) is 22.0 Å². The normalized spacial score (nSPS) is 10.6. The average Bonchev–Trinajstić information content (AvgIpc) is 3.04. The number of hydrogen-bond acceptors (Lipinski definition) is 4. The molecule has 1 aromatic heterocycles. The van der Waals surface area contributed by atoms with Gasteiger partial charge in [0, 0.05) is 24.0 Å². The second kappa shape index (κ2) is 10.8. The third kappa shape index (κ3) is 5.38. The number of carbonyl (C=O) groups is 2. The number of fused-ring (bicyclic) bond motifs is 1. The Morgan fingerprint density at radius 2 is 1.64 bits per heavy atom. The zero-order valence-electron chi connectivity index (χ0n) is 19.1. The largest absolute Gasteiger partial charge is 1.00 e. The first-order valence-corrected chi connectivity index (χ1v) is 10.5. The van der Waals surface area contributed by atoms with Gasteiger partial charge in [-0.3, -0.25) is 4.79 Å². The minimum Gasteiger partial charge on any atom is -0.546 e. The number of rotatable bonds is 8. The molecule has 6 heteroatoms. The molecule has 0 unspecified atom stereocenters. The fourth-order valence-electron chi connectivity index (χ4n) is 4.23. The molecule has 4 rings (SSSR count). The number of Topliss-reactive ketones (excluding diaryl/α,β-unsaturated/α-hetero) is 1. The van der Waals surface area contributed by atoms with Gasteiger partial charge >= 0.3 is 29.6 Å². The molecule has 0 spiro atoms. The number of hydrogen-bond donors (Lipinski definition) is 0. The zero-order valence-corrected chi connectivity index (χ0v) is 21.1. The molecule has 0 amide bonds. The van der Waals surface area contributed by atoms with Crippen LogP contribution in [0, 0.1) is 6.92 Å². The van der Waals surface area contributed by atoms with Crippen molar-refractivity contribution in [1.82, 2.24) is 4.57 Å². The van der Waals surface area contributed by atoms with Crippen LogP contribution in [0.5, 0.6) is 5.75 Å². The van der Waals surface area contributed by atoms with Gasteiger partial charge in [-0.15, -0.1) is 0 Å². The van der Waals surface area contributed by atoms with Gasteiger partial charge in [-0.25, -0.2) is 0 Å². The van der Waals surface area contributed by atoms with Crippen molar-refractivity contribution in [3.8, 4) is 16.9 Å². The van der Waals surface area contributed by atoms with Crippen LogP contribution in [0.15, 0.2) is 72.8 Å². The van der Waals surface area contributed by atoms with Crippen LogP contribution in [-0.2, 0) is 22.6 Å². The molecule has 4 aromatic rings. The molecular weight excluding hydrogens is 425 g/mol. The number of carboxylic acid groups (broad SMARTS) is 1. The van der Waals surface area contributed by atoms with E-state index in [1.165, 1.54) is 0 Å². The molecule has 0 aliphatic heterocycles. The fourth-order valence-corrected chi connectivity index (χ4v) is 4.23. The number of ketones is 1. The van der Waals surface area contributed by atoms with Crippen molar-refractivity contribution in [2.75, 3.05) is 6.61 Å². The number of ether oxygens (including phenoxy) is 1. The quantitative estimate of drug-likeness (QED) is 0.375. The summed E-state index contributed by atoms with van der Waals surface area (Å²) in [7, 11) is 0. The molecule has 1 heterocycles. The Hall–Kier alpha value is -2.86. The molecular formula is C27H24NNaO4. The Labute approximate surface area is 215 Å². The summed E-state index contributed by atoms with van der Waals surface area (Å²) in [6, 6.07) is 24.0. The summed E-state index contributed by atoms with van der Waals surface area (Å²) in [4.78, 5) is 23.0. The van der Waals surface area contributed by atoms with Crippen molar-refractivity contribution >= 4 is 22.7 Å². The van der Waals surface area contributed by atoms with E-state index in [4.69, 9.17) is 4.74 Å².